The van der Waals surface area contributed by atoms with E-state index in [2.05, 4.69) is 5.92 Å². The van der Waals surface area contributed by atoms with Crippen LogP contribution >= 0.6 is 0 Å². The standard InChI is InChI=1S/C12H16O3/c1-5-9(3)7-8-11(10(4)13)12(14)15-6-2/h1,7,11H,6,8H2,2-4H3/b9-7+. The molecule has 0 aliphatic carbocycles. The smallest absolute Gasteiger partial charge is 0.316 e. The van der Waals surface area contributed by atoms with Gasteiger partial charge in [-0.05, 0) is 32.8 Å². The van der Waals surface area contributed by atoms with Crippen molar-refractivity contribution in [3.8, 4) is 12.3 Å². The number of carbonyl (C=O) groups excluding carboxylic acids is 2. The van der Waals surface area contributed by atoms with Crippen molar-refractivity contribution in [3.63, 3.8) is 0 Å². The molecule has 0 aromatic heterocycles. The molecule has 0 spiro atoms. The number of Topliss-reactive ketones (excluding diaryl/α,β-unsaturated/α-hetero) is 1. The fourth-order valence-corrected chi connectivity index (χ4v) is 1.02. The summed E-state index contributed by atoms with van der Waals surface area (Å²) in [6.07, 6.45) is 7.16. The van der Waals surface area contributed by atoms with Crippen LogP contribution in [0.1, 0.15) is 27.2 Å². The second kappa shape index (κ2) is 6.83. The van der Waals surface area contributed by atoms with Crippen molar-refractivity contribution in [3.05, 3.63) is 11.6 Å². The zero-order chi connectivity index (χ0) is 11.8. The molecule has 82 valence electrons. The largest absolute Gasteiger partial charge is 0.465 e. The van der Waals surface area contributed by atoms with Crippen molar-refractivity contribution < 1.29 is 14.3 Å². The number of ether oxygens (including phenoxy) is 1. The summed E-state index contributed by atoms with van der Waals surface area (Å²) in [5, 5.41) is 0. The first-order valence-corrected chi connectivity index (χ1v) is 4.83. The summed E-state index contributed by atoms with van der Waals surface area (Å²) in [4.78, 5) is 22.5. The highest BCUT2D eigenvalue weighted by atomic mass is 16.5. The molecule has 3 nitrogen and oxygen atoms in total. The Morgan fingerprint density at radius 1 is 1.47 bits per heavy atom. The van der Waals surface area contributed by atoms with Gasteiger partial charge in [-0.3, -0.25) is 9.59 Å². The Morgan fingerprint density at radius 3 is 2.47 bits per heavy atom. The van der Waals surface area contributed by atoms with Crippen molar-refractivity contribution in [2.24, 2.45) is 5.92 Å². The second-order valence-corrected chi connectivity index (χ2v) is 3.18. The van der Waals surface area contributed by atoms with E-state index >= 15 is 0 Å². The molecule has 1 atom stereocenters. The predicted octanol–water partition coefficient (Wildman–Crippen LogP) is 1.72. The highest BCUT2D eigenvalue weighted by molar-refractivity contribution is 5.97. The number of hydrogen-bond donors (Lipinski definition) is 0. The molecule has 0 fully saturated rings. The van der Waals surface area contributed by atoms with E-state index in [1.54, 1.807) is 19.9 Å². The molecule has 0 rings (SSSR count). The summed E-state index contributed by atoms with van der Waals surface area (Å²) in [6, 6.07) is 0. The second-order valence-electron chi connectivity index (χ2n) is 3.18. The number of esters is 1. The average molecular weight is 208 g/mol. The molecule has 0 N–H and O–H groups in total. The Morgan fingerprint density at radius 2 is 2.07 bits per heavy atom. The Kier molecular flexibility index (Phi) is 6.12. The van der Waals surface area contributed by atoms with Crippen LogP contribution in [0.2, 0.25) is 0 Å². The van der Waals surface area contributed by atoms with E-state index in [1.807, 2.05) is 0 Å². The van der Waals surface area contributed by atoms with Gasteiger partial charge in [-0.25, -0.2) is 0 Å². The third kappa shape index (κ3) is 5.02. The van der Waals surface area contributed by atoms with Crippen LogP contribution in [-0.2, 0) is 14.3 Å². The molecule has 0 aromatic rings. The van der Waals surface area contributed by atoms with E-state index in [0.717, 1.165) is 0 Å². The van der Waals surface area contributed by atoms with Crippen molar-refractivity contribution >= 4 is 11.8 Å². The van der Waals surface area contributed by atoms with Gasteiger partial charge < -0.3 is 4.74 Å². The van der Waals surface area contributed by atoms with Crippen LogP contribution in [0.5, 0.6) is 0 Å². The minimum absolute atomic E-state index is 0.200. The van der Waals surface area contributed by atoms with E-state index in [-0.39, 0.29) is 12.4 Å². The molecule has 0 radical (unpaired) electrons. The van der Waals surface area contributed by atoms with E-state index in [9.17, 15) is 9.59 Å². The Hall–Kier alpha value is -1.56. The van der Waals surface area contributed by atoms with Crippen molar-refractivity contribution in [2.45, 2.75) is 27.2 Å². The number of rotatable bonds is 5. The van der Waals surface area contributed by atoms with Crippen LogP contribution in [-0.4, -0.2) is 18.4 Å². The van der Waals surface area contributed by atoms with Crippen LogP contribution in [0.3, 0.4) is 0 Å². The maximum atomic E-state index is 11.4. The van der Waals surface area contributed by atoms with Crippen LogP contribution in [0.25, 0.3) is 0 Å². The quantitative estimate of drug-likeness (QED) is 0.392. The van der Waals surface area contributed by atoms with Crippen LogP contribution < -0.4 is 0 Å². The average Bonchev–Trinajstić information content (AvgIpc) is 2.17. The molecule has 0 bridgehead atoms. The summed E-state index contributed by atoms with van der Waals surface area (Å²) in [5.74, 6) is 1.02. The zero-order valence-corrected chi connectivity index (χ0v) is 9.37. The number of terminal acetylenes is 1. The maximum Gasteiger partial charge on any atom is 0.316 e. The van der Waals surface area contributed by atoms with Crippen LogP contribution in [0.4, 0.5) is 0 Å². The highest BCUT2D eigenvalue weighted by Gasteiger charge is 2.23. The van der Waals surface area contributed by atoms with Crippen molar-refractivity contribution in [1.29, 1.82) is 0 Å². The normalized spacial score (nSPS) is 12.8. The summed E-state index contributed by atoms with van der Waals surface area (Å²) < 4.78 is 4.79. The van der Waals surface area contributed by atoms with Gasteiger partial charge in [0.2, 0.25) is 0 Å². The fraction of sp³-hybridized carbons (Fsp3) is 0.500. The summed E-state index contributed by atoms with van der Waals surface area (Å²) in [7, 11) is 0. The SMILES string of the molecule is C#C/C(C)=C/CC(C(C)=O)C(=O)OCC. The minimum Gasteiger partial charge on any atom is -0.465 e. The van der Waals surface area contributed by atoms with Crippen molar-refractivity contribution in [1.82, 2.24) is 0 Å². The summed E-state index contributed by atoms with van der Waals surface area (Å²) >= 11 is 0. The van der Waals surface area contributed by atoms with Gasteiger partial charge in [-0.2, -0.15) is 0 Å². The molecule has 0 aliphatic rings. The molecule has 15 heavy (non-hydrogen) atoms. The van der Waals surface area contributed by atoms with E-state index < -0.39 is 11.9 Å². The first-order chi connectivity index (χ1) is 7.02. The third-order valence-electron chi connectivity index (χ3n) is 1.95. The predicted molar refractivity (Wildman–Crippen MR) is 58.0 cm³/mol. The van der Waals surface area contributed by atoms with Gasteiger partial charge in [0.1, 0.15) is 11.7 Å². The molecule has 0 aromatic carbocycles. The number of carbonyl (C=O) groups is 2. The van der Waals surface area contributed by atoms with E-state index in [4.69, 9.17) is 11.2 Å². The number of allylic oxidation sites excluding steroid dienone is 2. The van der Waals surface area contributed by atoms with Gasteiger partial charge in [-0.1, -0.05) is 12.0 Å². The maximum absolute atomic E-state index is 11.4. The van der Waals surface area contributed by atoms with Gasteiger partial charge in [0.15, 0.2) is 0 Å². The van der Waals surface area contributed by atoms with Gasteiger partial charge in [-0.15, -0.1) is 6.42 Å². The van der Waals surface area contributed by atoms with Gasteiger partial charge >= 0.3 is 5.97 Å². The van der Waals surface area contributed by atoms with Crippen molar-refractivity contribution in [2.75, 3.05) is 6.61 Å². The molecule has 0 saturated carbocycles. The topological polar surface area (TPSA) is 43.4 Å². The number of ketones is 1. The molecule has 1 unspecified atom stereocenters. The molecular weight excluding hydrogens is 192 g/mol. The monoisotopic (exact) mass is 208 g/mol. The molecule has 0 amide bonds. The van der Waals surface area contributed by atoms with Crippen LogP contribution in [0, 0.1) is 18.3 Å². The summed E-state index contributed by atoms with van der Waals surface area (Å²) in [6.45, 7) is 5.11. The van der Waals surface area contributed by atoms with Gasteiger partial charge in [0.05, 0.1) is 6.61 Å². The molecular formula is C12H16O3. The first kappa shape index (κ1) is 13.4. The molecule has 3 heteroatoms. The number of hydrogen-bond acceptors (Lipinski definition) is 3. The third-order valence-corrected chi connectivity index (χ3v) is 1.95. The van der Waals surface area contributed by atoms with E-state index in [1.165, 1.54) is 6.92 Å². The van der Waals surface area contributed by atoms with Gasteiger partial charge in [0, 0.05) is 0 Å². The molecule has 0 saturated heterocycles. The molecule has 0 aliphatic heterocycles. The Labute approximate surface area is 90.5 Å². The minimum atomic E-state index is -0.728. The van der Waals surface area contributed by atoms with Gasteiger partial charge in [0.25, 0.3) is 0 Å². The lowest BCUT2D eigenvalue weighted by molar-refractivity contribution is -0.150. The first-order valence-electron chi connectivity index (χ1n) is 4.83. The lowest BCUT2D eigenvalue weighted by atomic mass is 10.00. The van der Waals surface area contributed by atoms with E-state index in [0.29, 0.717) is 12.0 Å². The van der Waals surface area contributed by atoms with Crippen LogP contribution in [0.15, 0.2) is 11.6 Å². The fourth-order valence-electron chi connectivity index (χ4n) is 1.02. The molecule has 0 heterocycles. The zero-order valence-electron chi connectivity index (χ0n) is 9.37. The lowest BCUT2D eigenvalue weighted by Crippen LogP contribution is -2.23. The highest BCUT2D eigenvalue weighted by Crippen LogP contribution is 2.10. The Bertz CT molecular complexity index is 307. The Balaban J connectivity index is 4.50. The summed E-state index contributed by atoms with van der Waals surface area (Å²) in [5.41, 5.74) is 0.713. The lowest BCUT2D eigenvalue weighted by Gasteiger charge is -2.09.